The summed E-state index contributed by atoms with van der Waals surface area (Å²) in [5.74, 6) is 0. The Morgan fingerprint density at radius 2 is 1.47 bits per heavy atom. The Kier molecular flexibility index (Phi) is 3.33. The summed E-state index contributed by atoms with van der Waals surface area (Å²) in [5, 5.41) is 3.16. The predicted octanol–water partition coefficient (Wildman–Crippen LogP) is 0.599. The van der Waals surface area contributed by atoms with Crippen LogP contribution in [0.1, 0.15) is 38.5 Å². The van der Waals surface area contributed by atoms with Crippen LogP contribution in [0.25, 0.3) is 0 Å². The first-order valence-electron chi connectivity index (χ1n) is 5.80. The SMILES string of the molecule is CN[C@H]1CC[C@H](NS(=O)(=O)C2CC2)CC1. The topological polar surface area (TPSA) is 58.2 Å². The van der Waals surface area contributed by atoms with Crippen LogP contribution in [0, 0.1) is 0 Å². The lowest BCUT2D eigenvalue weighted by Crippen LogP contribution is -2.42. The molecule has 2 saturated carbocycles. The zero-order chi connectivity index (χ0) is 10.9. The van der Waals surface area contributed by atoms with Crippen molar-refractivity contribution >= 4 is 10.0 Å². The molecule has 0 aromatic rings. The van der Waals surface area contributed by atoms with E-state index in [4.69, 9.17) is 0 Å². The van der Waals surface area contributed by atoms with Gasteiger partial charge in [0, 0.05) is 12.1 Å². The van der Waals surface area contributed by atoms with Crippen molar-refractivity contribution in [3.8, 4) is 0 Å². The second kappa shape index (κ2) is 4.39. The van der Waals surface area contributed by atoms with E-state index in [1.807, 2.05) is 7.05 Å². The summed E-state index contributed by atoms with van der Waals surface area (Å²) in [6.45, 7) is 0. The summed E-state index contributed by atoms with van der Waals surface area (Å²) in [6.07, 6.45) is 5.79. The van der Waals surface area contributed by atoms with Crippen molar-refractivity contribution in [3.05, 3.63) is 0 Å². The lowest BCUT2D eigenvalue weighted by molar-refractivity contribution is 0.342. The molecule has 0 aromatic carbocycles. The van der Waals surface area contributed by atoms with E-state index in [1.165, 1.54) is 0 Å². The second-order valence-corrected chi connectivity index (χ2v) is 6.69. The quantitative estimate of drug-likeness (QED) is 0.746. The Morgan fingerprint density at radius 3 is 1.93 bits per heavy atom. The highest BCUT2D eigenvalue weighted by Crippen LogP contribution is 2.29. The molecule has 0 atom stereocenters. The first-order chi connectivity index (χ1) is 7.12. The van der Waals surface area contributed by atoms with E-state index in [0.29, 0.717) is 6.04 Å². The first-order valence-corrected chi connectivity index (χ1v) is 7.35. The Hall–Kier alpha value is -0.130. The molecular weight excluding hydrogens is 212 g/mol. The largest absolute Gasteiger partial charge is 0.317 e. The molecule has 0 aromatic heterocycles. The van der Waals surface area contributed by atoms with Gasteiger partial charge in [-0.25, -0.2) is 13.1 Å². The molecule has 2 rings (SSSR count). The maximum Gasteiger partial charge on any atom is 0.214 e. The van der Waals surface area contributed by atoms with Crippen LogP contribution < -0.4 is 10.0 Å². The van der Waals surface area contributed by atoms with E-state index >= 15 is 0 Å². The molecule has 0 unspecified atom stereocenters. The van der Waals surface area contributed by atoms with Crippen molar-refractivity contribution in [1.82, 2.24) is 10.0 Å². The number of hydrogen-bond acceptors (Lipinski definition) is 3. The van der Waals surface area contributed by atoms with E-state index in [0.717, 1.165) is 38.5 Å². The minimum Gasteiger partial charge on any atom is -0.317 e. The van der Waals surface area contributed by atoms with Crippen molar-refractivity contribution in [3.63, 3.8) is 0 Å². The second-order valence-electron chi connectivity index (χ2n) is 4.70. The Balaban J connectivity index is 1.81. The van der Waals surface area contributed by atoms with Crippen LogP contribution in [0.5, 0.6) is 0 Å². The first kappa shape index (κ1) is 11.4. The molecule has 15 heavy (non-hydrogen) atoms. The van der Waals surface area contributed by atoms with Crippen molar-refractivity contribution in [2.75, 3.05) is 7.05 Å². The molecule has 0 radical (unpaired) electrons. The van der Waals surface area contributed by atoms with Gasteiger partial charge in [-0.3, -0.25) is 0 Å². The summed E-state index contributed by atoms with van der Waals surface area (Å²) in [4.78, 5) is 0. The van der Waals surface area contributed by atoms with E-state index in [-0.39, 0.29) is 11.3 Å². The smallest absolute Gasteiger partial charge is 0.214 e. The van der Waals surface area contributed by atoms with Crippen LogP contribution in [-0.4, -0.2) is 32.8 Å². The van der Waals surface area contributed by atoms with Gasteiger partial charge in [0.05, 0.1) is 5.25 Å². The monoisotopic (exact) mass is 232 g/mol. The maximum atomic E-state index is 11.7. The third-order valence-corrected chi connectivity index (χ3v) is 5.44. The molecule has 2 fully saturated rings. The van der Waals surface area contributed by atoms with Gasteiger partial charge < -0.3 is 5.32 Å². The van der Waals surface area contributed by atoms with Crippen LogP contribution in [-0.2, 0) is 10.0 Å². The minimum atomic E-state index is -2.98. The van der Waals surface area contributed by atoms with Crippen molar-refractivity contribution in [2.45, 2.75) is 55.9 Å². The molecule has 2 aliphatic carbocycles. The lowest BCUT2D eigenvalue weighted by Gasteiger charge is -2.28. The highest BCUT2D eigenvalue weighted by Gasteiger charge is 2.37. The number of nitrogens with one attached hydrogen (secondary N) is 2. The van der Waals surface area contributed by atoms with Gasteiger partial charge in [-0.1, -0.05) is 0 Å². The molecule has 4 nitrogen and oxygen atoms in total. The summed E-state index contributed by atoms with van der Waals surface area (Å²) >= 11 is 0. The summed E-state index contributed by atoms with van der Waals surface area (Å²) in [5.41, 5.74) is 0. The predicted molar refractivity (Wildman–Crippen MR) is 60.2 cm³/mol. The van der Waals surface area contributed by atoms with E-state index in [9.17, 15) is 8.42 Å². The Morgan fingerprint density at radius 1 is 0.933 bits per heavy atom. The van der Waals surface area contributed by atoms with Crippen LogP contribution in [0.2, 0.25) is 0 Å². The Labute approximate surface area is 91.9 Å². The van der Waals surface area contributed by atoms with Crippen molar-refractivity contribution in [1.29, 1.82) is 0 Å². The molecule has 88 valence electrons. The summed E-state index contributed by atoms with van der Waals surface area (Å²) in [6, 6.07) is 0.756. The third-order valence-electron chi connectivity index (χ3n) is 3.43. The standard InChI is InChI=1S/C10H20N2O2S/c1-11-8-2-4-9(5-3-8)12-15(13,14)10-6-7-10/h8-12H,2-7H2,1H3/t8-,9-. The van der Waals surface area contributed by atoms with E-state index in [2.05, 4.69) is 10.0 Å². The van der Waals surface area contributed by atoms with Gasteiger partial charge in [-0.2, -0.15) is 0 Å². The molecule has 2 aliphatic rings. The molecule has 2 N–H and O–H groups in total. The Bertz CT molecular complexity index is 303. The molecule has 5 heteroatoms. The number of sulfonamides is 1. The molecule has 0 spiro atoms. The average molecular weight is 232 g/mol. The molecule has 0 bridgehead atoms. The third kappa shape index (κ3) is 2.92. The van der Waals surface area contributed by atoms with Crippen LogP contribution in [0.3, 0.4) is 0 Å². The average Bonchev–Trinajstić information content (AvgIpc) is 3.01. The van der Waals surface area contributed by atoms with E-state index in [1.54, 1.807) is 0 Å². The van der Waals surface area contributed by atoms with Crippen LogP contribution in [0.4, 0.5) is 0 Å². The van der Waals surface area contributed by atoms with E-state index < -0.39 is 10.0 Å². The van der Waals surface area contributed by atoms with Gasteiger partial charge in [0.25, 0.3) is 0 Å². The fraction of sp³-hybridized carbons (Fsp3) is 1.00. The van der Waals surface area contributed by atoms with Crippen LogP contribution >= 0.6 is 0 Å². The number of hydrogen-bond donors (Lipinski definition) is 2. The van der Waals surface area contributed by atoms with Gasteiger partial charge in [-0.05, 0) is 45.6 Å². The lowest BCUT2D eigenvalue weighted by atomic mass is 9.92. The molecule has 0 heterocycles. The molecule has 0 amide bonds. The van der Waals surface area contributed by atoms with Gasteiger partial charge in [-0.15, -0.1) is 0 Å². The zero-order valence-electron chi connectivity index (χ0n) is 9.20. The van der Waals surface area contributed by atoms with Gasteiger partial charge in [0.2, 0.25) is 10.0 Å². The highest BCUT2D eigenvalue weighted by molar-refractivity contribution is 7.90. The summed E-state index contributed by atoms with van der Waals surface area (Å²) in [7, 11) is -1.01. The fourth-order valence-electron chi connectivity index (χ4n) is 2.21. The fourth-order valence-corrected chi connectivity index (χ4v) is 3.86. The minimum absolute atomic E-state index is 0.0838. The normalized spacial score (nSPS) is 32.9. The van der Waals surface area contributed by atoms with Gasteiger partial charge in [0.15, 0.2) is 0 Å². The van der Waals surface area contributed by atoms with Crippen molar-refractivity contribution < 1.29 is 8.42 Å². The van der Waals surface area contributed by atoms with Crippen LogP contribution in [0.15, 0.2) is 0 Å². The number of rotatable bonds is 4. The maximum absolute atomic E-state index is 11.7. The van der Waals surface area contributed by atoms with Gasteiger partial charge >= 0.3 is 0 Å². The molecule has 0 saturated heterocycles. The summed E-state index contributed by atoms with van der Waals surface area (Å²) < 4.78 is 26.2. The van der Waals surface area contributed by atoms with Gasteiger partial charge in [0.1, 0.15) is 0 Å². The molecule has 0 aliphatic heterocycles. The molecular formula is C10H20N2O2S. The van der Waals surface area contributed by atoms with Crippen molar-refractivity contribution in [2.24, 2.45) is 0 Å². The zero-order valence-corrected chi connectivity index (χ0v) is 10.0. The highest BCUT2D eigenvalue weighted by atomic mass is 32.2.